The summed E-state index contributed by atoms with van der Waals surface area (Å²) in [7, 11) is -3.85. The molecule has 2 aliphatic carbocycles. The first-order chi connectivity index (χ1) is 23.4. The monoisotopic (exact) mass is 726 g/mol. The number of nitrogens with two attached hydrogens (primary N) is 1. The minimum atomic E-state index is -3.85. The molecular formula is C33H34N4O9S3. The highest BCUT2D eigenvalue weighted by molar-refractivity contribution is 8.00. The number of benzene rings is 2. The number of anilines is 1. The van der Waals surface area contributed by atoms with Crippen LogP contribution in [0.2, 0.25) is 0 Å². The molecule has 0 radical (unpaired) electrons. The van der Waals surface area contributed by atoms with Gasteiger partial charge in [-0.2, -0.15) is 0 Å². The number of nitrogens with one attached hydrogen (secondary N) is 2. The molecule has 1 saturated heterocycles. The number of carbonyl (C=O) groups is 4. The number of carbonyl (C=O) groups excluding carboxylic acids is 3. The molecule has 7 rings (SSSR count). The van der Waals surface area contributed by atoms with Gasteiger partial charge in [-0.25, -0.2) is 13.6 Å². The molecule has 2 aromatic carbocycles. The minimum absolute atomic E-state index is 0.00884. The van der Waals surface area contributed by atoms with Crippen LogP contribution in [0.1, 0.15) is 48.5 Å². The van der Waals surface area contributed by atoms with Gasteiger partial charge in [-0.15, -0.1) is 11.8 Å². The lowest BCUT2D eigenvalue weighted by Crippen LogP contribution is -2.42. The van der Waals surface area contributed by atoms with Gasteiger partial charge in [0.25, 0.3) is 5.91 Å². The van der Waals surface area contributed by atoms with Crippen molar-refractivity contribution in [2.75, 3.05) is 18.5 Å². The number of aromatic amines is 1. The number of likely N-dealkylation sites (tertiary alicyclic amines) is 1. The molecule has 4 aliphatic rings. The number of ether oxygens (including phenoxy) is 1. The van der Waals surface area contributed by atoms with E-state index in [1.54, 1.807) is 23.9 Å². The van der Waals surface area contributed by atoms with Gasteiger partial charge >= 0.3 is 10.8 Å². The van der Waals surface area contributed by atoms with Crippen molar-refractivity contribution < 1.29 is 37.4 Å². The molecule has 3 heterocycles. The van der Waals surface area contributed by atoms with Crippen molar-refractivity contribution >= 4 is 62.5 Å². The van der Waals surface area contributed by atoms with Crippen molar-refractivity contribution in [2.45, 2.75) is 53.2 Å². The van der Waals surface area contributed by atoms with Crippen LogP contribution in [0.3, 0.4) is 0 Å². The SMILES string of the molecule is NS(=O)(=O)c1ccc(NC(=O)COc2ccc([C@H]3c4sc(=O)[nH]c4SC4C5CC(C6C(=O)N(CCCCCC(=O)O)C(=O)C56)C43)cc2)cc1. The van der Waals surface area contributed by atoms with Crippen LogP contribution < -0.4 is 20.1 Å². The first kappa shape index (κ1) is 33.5. The van der Waals surface area contributed by atoms with Crippen molar-refractivity contribution in [3.63, 3.8) is 0 Å². The summed E-state index contributed by atoms with van der Waals surface area (Å²) in [5, 5.41) is 17.5. The van der Waals surface area contributed by atoms with Gasteiger partial charge in [0.1, 0.15) is 5.75 Å². The molecule has 0 spiro atoms. The average molecular weight is 727 g/mol. The molecule has 3 aromatic rings. The average Bonchev–Trinajstić information content (AvgIpc) is 3.79. The minimum Gasteiger partial charge on any atom is -0.484 e. The van der Waals surface area contributed by atoms with Crippen molar-refractivity contribution in [3.05, 3.63) is 68.6 Å². The summed E-state index contributed by atoms with van der Waals surface area (Å²) in [4.78, 5) is 68.4. The van der Waals surface area contributed by atoms with E-state index in [2.05, 4.69) is 10.3 Å². The Kier molecular flexibility index (Phi) is 8.92. The van der Waals surface area contributed by atoms with Gasteiger partial charge in [-0.3, -0.25) is 28.9 Å². The number of aromatic nitrogens is 1. The molecular weight excluding hydrogens is 693 g/mol. The van der Waals surface area contributed by atoms with Crippen molar-refractivity contribution in [2.24, 2.45) is 34.7 Å². The summed E-state index contributed by atoms with van der Waals surface area (Å²) in [5.74, 6) is -1.98. The van der Waals surface area contributed by atoms with Gasteiger partial charge in [-0.1, -0.05) is 29.9 Å². The third-order valence-corrected chi connectivity index (χ3v) is 13.7. The topological polar surface area (TPSA) is 206 Å². The lowest BCUT2D eigenvalue weighted by atomic mass is 9.68. The molecule has 5 N–H and O–H groups in total. The number of thiazole rings is 1. The Hall–Kier alpha value is -3.99. The van der Waals surface area contributed by atoms with Crippen LogP contribution in [-0.4, -0.2) is 65.5 Å². The highest BCUT2D eigenvalue weighted by Gasteiger charge is 2.69. The Bertz CT molecular complexity index is 1980. The largest absolute Gasteiger partial charge is 0.484 e. The van der Waals surface area contributed by atoms with Crippen LogP contribution in [0.15, 0.2) is 63.2 Å². The zero-order valence-corrected chi connectivity index (χ0v) is 28.5. The number of primary sulfonamides is 1. The lowest BCUT2D eigenvalue weighted by molar-refractivity contribution is -0.141. The predicted octanol–water partition coefficient (Wildman–Crippen LogP) is 3.22. The number of thioether (sulfide) groups is 1. The molecule has 49 heavy (non-hydrogen) atoms. The fourth-order valence-electron chi connectivity index (χ4n) is 8.24. The Labute approximate surface area is 289 Å². The van der Waals surface area contributed by atoms with Gasteiger partial charge in [-0.05, 0) is 79.0 Å². The maximum atomic E-state index is 13.7. The number of rotatable bonds is 12. The fraction of sp³-hybridized carbons (Fsp3) is 0.424. The second-order valence-electron chi connectivity index (χ2n) is 13.0. The number of carboxylic acids is 1. The molecule has 7 atom stereocenters. The second kappa shape index (κ2) is 13.0. The van der Waals surface area contributed by atoms with E-state index in [9.17, 15) is 32.4 Å². The maximum absolute atomic E-state index is 13.7. The Morgan fingerprint density at radius 1 is 0.980 bits per heavy atom. The number of unbranched alkanes of at least 4 members (excludes halogenated alkanes) is 2. The Balaban J connectivity index is 1.05. The zero-order chi connectivity index (χ0) is 34.6. The molecule has 2 aliphatic heterocycles. The van der Waals surface area contributed by atoms with Crippen LogP contribution in [0.5, 0.6) is 5.75 Å². The normalized spacial score (nSPS) is 26.7. The molecule has 6 unspecified atom stereocenters. The molecule has 3 fully saturated rings. The van der Waals surface area contributed by atoms with Crippen LogP contribution in [-0.2, 0) is 29.2 Å². The van der Waals surface area contributed by atoms with Gasteiger partial charge in [0, 0.05) is 34.7 Å². The molecule has 3 amide bonds. The first-order valence-corrected chi connectivity index (χ1v) is 19.3. The molecule has 2 saturated carbocycles. The number of nitrogens with zero attached hydrogens (tertiary/aromatic N) is 1. The second-order valence-corrected chi connectivity index (χ2v) is 16.7. The van der Waals surface area contributed by atoms with E-state index >= 15 is 0 Å². The van der Waals surface area contributed by atoms with Crippen LogP contribution in [0, 0.1) is 29.6 Å². The van der Waals surface area contributed by atoms with Gasteiger partial charge < -0.3 is 20.1 Å². The summed E-state index contributed by atoms with van der Waals surface area (Å²) in [5.41, 5.74) is 1.34. The number of carboxylic acid groups (broad SMARTS) is 1. The summed E-state index contributed by atoms with van der Waals surface area (Å²) in [6.07, 6.45) is 2.55. The van der Waals surface area contributed by atoms with Crippen LogP contribution in [0.4, 0.5) is 5.69 Å². The van der Waals surface area contributed by atoms with E-state index in [1.807, 2.05) is 12.1 Å². The molecule has 13 nitrogen and oxygen atoms in total. The van der Waals surface area contributed by atoms with Crippen LogP contribution in [0.25, 0.3) is 0 Å². The van der Waals surface area contributed by atoms with E-state index in [4.69, 9.17) is 15.0 Å². The smallest absolute Gasteiger partial charge is 0.305 e. The van der Waals surface area contributed by atoms with Crippen LogP contribution >= 0.6 is 23.1 Å². The van der Waals surface area contributed by atoms with E-state index < -0.39 is 27.8 Å². The number of hydrogen-bond donors (Lipinski definition) is 4. The third-order valence-electron chi connectivity index (χ3n) is 10.2. The molecule has 1 aromatic heterocycles. The number of imide groups is 1. The first-order valence-electron chi connectivity index (χ1n) is 16.0. The van der Waals surface area contributed by atoms with Crippen molar-refractivity contribution in [1.29, 1.82) is 0 Å². The fourth-order valence-corrected chi connectivity index (χ4v) is 11.6. The van der Waals surface area contributed by atoms with Gasteiger partial charge in [0.2, 0.25) is 21.8 Å². The number of H-pyrrole nitrogens is 1. The number of fused-ring (bicyclic) bond motifs is 9. The number of sulfonamides is 1. The zero-order valence-electron chi connectivity index (χ0n) is 26.1. The Morgan fingerprint density at radius 2 is 1.67 bits per heavy atom. The molecule has 16 heteroatoms. The maximum Gasteiger partial charge on any atom is 0.305 e. The summed E-state index contributed by atoms with van der Waals surface area (Å²) in [6, 6.07) is 12.8. The highest BCUT2D eigenvalue weighted by Crippen LogP contribution is 2.68. The summed E-state index contributed by atoms with van der Waals surface area (Å²) in [6.45, 7) is 0.0182. The number of amides is 3. The standard InChI is InChI=1S/C33H34N4O9S3/c34-49(44,45)19-11-7-17(8-12-19)35-22(38)15-46-18-9-5-16(6-10-18)24-25-20-14-21(28(25)47-30-29(24)48-33(43)36-30)27-26(20)31(41)37(32(27)42)13-3-1-2-4-23(39)40/h5-12,20-21,24-28H,1-4,13-15H2,(H,35,38)(H,36,43)(H,39,40)(H2,34,44,45)/t20?,21?,24-,25?,26?,27?,28?/m1/s1. The van der Waals surface area contributed by atoms with E-state index in [1.165, 1.54) is 40.5 Å². The summed E-state index contributed by atoms with van der Waals surface area (Å²) < 4.78 is 28.6. The lowest BCUT2D eigenvalue weighted by Gasteiger charge is -2.43. The van der Waals surface area contributed by atoms with E-state index in [0.717, 1.165) is 21.9 Å². The molecule has 258 valence electrons. The quantitative estimate of drug-likeness (QED) is 0.158. The number of hydrogen-bond acceptors (Lipinski definition) is 10. The van der Waals surface area contributed by atoms with Gasteiger partial charge in [0.15, 0.2) is 6.61 Å². The highest BCUT2D eigenvalue weighted by atomic mass is 32.2. The van der Waals surface area contributed by atoms with Gasteiger partial charge in [0.05, 0.1) is 21.8 Å². The molecule has 2 bridgehead atoms. The van der Waals surface area contributed by atoms with E-state index in [-0.39, 0.29) is 69.4 Å². The summed E-state index contributed by atoms with van der Waals surface area (Å²) >= 11 is 2.79. The third kappa shape index (κ3) is 6.30. The van der Waals surface area contributed by atoms with Crippen molar-refractivity contribution in [3.8, 4) is 5.75 Å². The van der Waals surface area contributed by atoms with E-state index in [0.29, 0.717) is 37.2 Å². The Morgan fingerprint density at radius 3 is 2.35 bits per heavy atom. The van der Waals surface area contributed by atoms with Crippen molar-refractivity contribution in [1.82, 2.24) is 9.88 Å². The predicted molar refractivity (Wildman–Crippen MR) is 180 cm³/mol. The number of aliphatic carboxylic acids is 1.